The second kappa shape index (κ2) is 6.42. The first kappa shape index (κ1) is 6.36. The third kappa shape index (κ3) is 2.62. The number of rotatable bonds is 3. The van der Waals surface area contributed by atoms with Crippen LogP contribution in [0.5, 0.6) is 0 Å². The Hall–Kier alpha value is -3.36. The molecule has 2 N–H and O–H groups in total. The summed E-state index contributed by atoms with van der Waals surface area (Å²) in [5.74, 6) is 0. The van der Waals surface area contributed by atoms with Crippen LogP contribution in [0.4, 0.5) is 0 Å². The van der Waals surface area contributed by atoms with Gasteiger partial charge in [0.2, 0.25) is 0 Å². The normalized spacial score (nSPS) is 19.6. The number of hydrogen-bond donors (Lipinski definition) is 1. The Bertz CT molecular complexity index is 2020. The van der Waals surface area contributed by atoms with Crippen molar-refractivity contribution in [1.82, 2.24) is 4.57 Å². The first-order valence-electron chi connectivity index (χ1n) is 15.9. The molecule has 0 aliphatic heterocycles. The topological polar surface area (TPSA) is 30.9 Å². The van der Waals surface area contributed by atoms with E-state index in [0.717, 1.165) is 4.57 Å². The van der Waals surface area contributed by atoms with Gasteiger partial charge in [-0.3, -0.25) is 0 Å². The molecule has 0 saturated heterocycles. The summed E-state index contributed by atoms with van der Waals surface area (Å²) in [6.45, 7) is -0.340. The van der Waals surface area contributed by atoms with Crippen molar-refractivity contribution in [3.05, 3.63) is 102 Å². The van der Waals surface area contributed by atoms with Crippen molar-refractivity contribution in [2.75, 3.05) is 0 Å². The van der Waals surface area contributed by atoms with Gasteiger partial charge in [0.15, 0.2) is 0 Å². The fourth-order valence-corrected chi connectivity index (χ4v) is 2.78. The average molecular weight is 365 g/mol. The molecule has 1 aromatic heterocycles. The molecule has 0 aliphatic rings. The highest BCUT2D eigenvalue weighted by molar-refractivity contribution is 6.10. The van der Waals surface area contributed by atoms with Crippen LogP contribution < -0.4 is 5.73 Å². The zero-order valence-corrected chi connectivity index (χ0v) is 13.7. The van der Waals surface area contributed by atoms with Crippen LogP contribution in [-0.2, 0) is 6.54 Å². The molecule has 0 bridgehead atoms. The number of benzene rings is 4. The summed E-state index contributed by atoms with van der Waals surface area (Å²) in [6.07, 6.45) is 0. The van der Waals surface area contributed by atoms with Gasteiger partial charge in [-0.2, -0.15) is 0 Å². The first-order valence-corrected chi connectivity index (χ1v) is 7.93. The minimum Gasteiger partial charge on any atom is -0.326 e. The van der Waals surface area contributed by atoms with E-state index >= 15 is 0 Å². The molecule has 0 spiro atoms. The van der Waals surface area contributed by atoms with Crippen LogP contribution in [0.3, 0.4) is 0 Å². The van der Waals surface area contributed by atoms with E-state index in [1.165, 1.54) is 0 Å². The fraction of sp³-hybridized carbons (Fsp3) is 0.0400. The van der Waals surface area contributed by atoms with Crippen LogP contribution in [0, 0.1) is 0 Å². The molecule has 0 amide bonds. The van der Waals surface area contributed by atoms with E-state index in [-0.39, 0.29) is 22.9 Å². The number of nitrogens with zero attached hydrogens (tertiary/aromatic N) is 1. The summed E-state index contributed by atoms with van der Waals surface area (Å²) in [7, 11) is 0. The lowest BCUT2D eigenvalue weighted by molar-refractivity contribution is 1.07. The predicted molar refractivity (Wildman–Crippen MR) is 114 cm³/mol. The Morgan fingerprint density at radius 1 is 0.667 bits per heavy atom. The van der Waals surface area contributed by atoms with Gasteiger partial charge < -0.3 is 10.3 Å². The van der Waals surface area contributed by atoms with Gasteiger partial charge in [0, 0.05) is 23.0 Å². The first-order chi connectivity index (χ1) is 20.0. The van der Waals surface area contributed by atoms with Crippen molar-refractivity contribution in [2.24, 2.45) is 5.73 Å². The smallest absolute Gasteiger partial charge is 0.0652 e. The third-order valence-corrected chi connectivity index (χ3v) is 4.00. The lowest BCUT2D eigenvalue weighted by Crippen LogP contribution is -1.95. The lowest BCUT2D eigenvalue weighted by atomic mass is 10.0. The molecule has 0 saturated carbocycles. The molecule has 5 rings (SSSR count). The quantitative estimate of drug-likeness (QED) is 0.424. The molecular weight excluding hydrogens is 328 g/mol. The van der Waals surface area contributed by atoms with Crippen LogP contribution >= 0.6 is 0 Å². The Kier molecular flexibility index (Phi) is 1.51. The third-order valence-electron chi connectivity index (χ3n) is 4.00. The summed E-state index contributed by atoms with van der Waals surface area (Å²) in [5, 5.41) is -0.703. The zero-order valence-electron chi connectivity index (χ0n) is 29.7. The molecule has 130 valence electrons. The number of fused-ring (bicyclic) bond motifs is 3. The molecular formula is C25H20N2. The van der Waals surface area contributed by atoms with Crippen molar-refractivity contribution in [3.8, 4) is 16.8 Å². The second-order valence-corrected chi connectivity index (χ2v) is 5.56. The standard InChI is InChI=1S/C25H20N2/c26-17-18-10-12-19(13-11-18)20-14-15-23-22-8-4-5-9-24(22)27(25(23)16-20)21-6-2-1-3-7-21/h1-16H,17,26H2/i1D,2D,3D,4D,5D,6D,7D,8D,9D,10D,11D,12D,13D,14D,15D,16D. The van der Waals surface area contributed by atoms with E-state index in [0.29, 0.717) is 0 Å². The highest BCUT2D eigenvalue weighted by atomic mass is 15.0. The molecule has 0 atom stereocenters. The van der Waals surface area contributed by atoms with Crippen molar-refractivity contribution < 1.29 is 21.9 Å². The van der Waals surface area contributed by atoms with Gasteiger partial charge in [0.1, 0.15) is 0 Å². The van der Waals surface area contributed by atoms with Gasteiger partial charge in [-0.1, -0.05) is 72.5 Å². The zero-order chi connectivity index (χ0) is 32.1. The van der Waals surface area contributed by atoms with E-state index in [1.807, 2.05) is 0 Å². The number of aromatic nitrogens is 1. The summed E-state index contributed by atoms with van der Waals surface area (Å²) < 4.78 is 137. The molecule has 27 heavy (non-hydrogen) atoms. The maximum absolute atomic E-state index is 9.20. The molecule has 0 fully saturated rings. The van der Waals surface area contributed by atoms with Crippen LogP contribution in [0.1, 0.15) is 27.5 Å². The van der Waals surface area contributed by atoms with E-state index in [4.69, 9.17) is 26.3 Å². The Balaban J connectivity index is 2.18. The maximum Gasteiger partial charge on any atom is 0.0652 e. The largest absolute Gasteiger partial charge is 0.326 e. The number of nitrogens with two attached hydrogens (primary N) is 1. The number of para-hydroxylation sites is 2. The van der Waals surface area contributed by atoms with Gasteiger partial charge in [-0.05, 0) is 40.9 Å². The van der Waals surface area contributed by atoms with E-state index in [2.05, 4.69) is 0 Å². The van der Waals surface area contributed by atoms with Crippen LogP contribution in [0.15, 0.2) is 96.7 Å². The van der Waals surface area contributed by atoms with Crippen LogP contribution in [0.2, 0.25) is 0 Å². The van der Waals surface area contributed by atoms with Crippen LogP contribution in [0.25, 0.3) is 38.6 Å². The highest BCUT2D eigenvalue weighted by Gasteiger charge is 2.12. The van der Waals surface area contributed by atoms with Gasteiger partial charge in [-0.15, -0.1) is 0 Å². The number of hydrogen-bond acceptors (Lipinski definition) is 1. The SMILES string of the molecule is [2H]c1c([2H])c([2H])c(-n2c3c([2H])c([2H])c([2H])c([2H])c3c3c([2H])c([2H])c(-c4c([2H])c([2H])c(CN)c([2H])c4[2H])c([2H])c32)c([2H])c1[2H]. The van der Waals surface area contributed by atoms with Crippen molar-refractivity contribution in [3.63, 3.8) is 0 Å². The predicted octanol–water partition coefficient (Wildman–Crippen LogP) is 5.91. The van der Waals surface area contributed by atoms with Crippen molar-refractivity contribution in [1.29, 1.82) is 0 Å². The van der Waals surface area contributed by atoms with E-state index < -0.39 is 125 Å². The minimum atomic E-state index is -0.781. The van der Waals surface area contributed by atoms with Crippen molar-refractivity contribution >= 4 is 21.8 Å². The Morgan fingerprint density at radius 2 is 1.33 bits per heavy atom. The van der Waals surface area contributed by atoms with Crippen molar-refractivity contribution in [2.45, 2.75) is 6.54 Å². The summed E-state index contributed by atoms with van der Waals surface area (Å²) in [4.78, 5) is 0. The molecule has 2 heteroatoms. The Labute approximate surface area is 181 Å². The minimum absolute atomic E-state index is 0.124. The highest BCUT2D eigenvalue weighted by Crippen LogP contribution is 2.34. The average Bonchev–Trinajstić information content (AvgIpc) is 3.33. The molecule has 5 aromatic rings. The van der Waals surface area contributed by atoms with Gasteiger partial charge in [0.05, 0.1) is 33.0 Å². The van der Waals surface area contributed by atoms with Crippen LogP contribution in [-0.4, -0.2) is 4.57 Å². The second-order valence-electron chi connectivity index (χ2n) is 5.56. The van der Waals surface area contributed by atoms with Gasteiger partial charge in [0.25, 0.3) is 0 Å². The monoisotopic (exact) mass is 364 g/mol. The molecule has 2 nitrogen and oxygen atoms in total. The van der Waals surface area contributed by atoms with E-state index in [9.17, 15) is 1.37 Å². The summed E-state index contributed by atoms with van der Waals surface area (Å²) >= 11 is 0. The summed E-state index contributed by atoms with van der Waals surface area (Å²) in [5.41, 5.74) is 2.97. The lowest BCUT2D eigenvalue weighted by Gasteiger charge is -2.09. The molecule has 0 aliphatic carbocycles. The molecule has 0 radical (unpaired) electrons. The molecule has 1 heterocycles. The molecule has 4 aromatic carbocycles. The van der Waals surface area contributed by atoms with Gasteiger partial charge >= 0.3 is 0 Å². The van der Waals surface area contributed by atoms with Gasteiger partial charge in [-0.25, -0.2) is 0 Å². The maximum atomic E-state index is 9.20. The fourth-order valence-electron chi connectivity index (χ4n) is 2.78. The van der Waals surface area contributed by atoms with E-state index in [1.54, 1.807) is 0 Å². The Morgan fingerprint density at radius 3 is 2.11 bits per heavy atom. The molecule has 0 unspecified atom stereocenters. The summed E-state index contributed by atoms with van der Waals surface area (Å²) in [6, 6.07) is -11.2.